The van der Waals surface area contributed by atoms with Crippen molar-refractivity contribution < 1.29 is 0 Å². The number of hydrogen-bond donors (Lipinski definition) is 1. The minimum atomic E-state index is 0.774. The van der Waals surface area contributed by atoms with Crippen LogP contribution in [-0.2, 0) is 0 Å². The fourth-order valence-corrected chi connectivity index (χ4v) is 2.17. The second-order valence-corrected chi connectivity index (χ2v) is 4.35. The van der Waals surface area contributed by atoms with E-state index in [0.29, 0.717) is 0 Å². The van der Waals surface area contributed by atoms with E-state index in [-0.39, 0.29) is 0 Å². The molecule has 0 aliphatic rings. The minimum absolute atomic E-state index is 0.774. The average molecular weight is 226 g/mol. The molecular formula is C8H10N4S2. The van der Waals surface area contributed by atoms with E-state index < -0.39 is 0 Å². The SMILES string of the molecule is CCCNc1nc(-c2cncs2)ns1. The van der Waals surface area contributed by atoms with E-state index >= 15 is 0 Å². The van der Waals surface area contributed by atoms with Crippen LogP contribution in [0, 0.1) is 0 Å². The van der Waals surface area contributed by atoms with Gasteiger partial charge in [0.25, 0.3) is 0 Å². The summed E-state index contributed by atoms with van der Waals surface area (Å²) in [6, 6.07) is 0. The number of nitrogens with zero attached hydrogens (tertiary/aromatic N) is 3. The number of hydrogen-bond acceptors (Lipinski definition) is 6. The number of anilines is 1. The Morgan fingerprint density at radius 2 is 2.43 bits per heavy atom. The Kier molecular flexibility index (Phi) is 3.05. The van der Waals surface area contributed by atoms with Gasteiger partial charge in [-0.1, -0.05) is 6.92 Å². The van der Waals surface area contributed by atoms with Gasteiger partial charge in [-0.2, -0.15) is 9.36 Å². The molecule has 14 heavy (non-hydrogen) atoms. The number of nitrogens with one attached hydrogen (secondary N) is 1. The molecule has 0 radical (unpaired) electrons. The maximum absolute atomic E-state index is 4.36. The van der Waals surface area contributed by atoms with Crippen molar-refractivity contribution in [3.05, 3.63) is 11.7 Å². The molecule has 2 rings (SSSR count). The second-order valence-electron chi connectivity index (χ2n) is 2.72. The van der Waals surface area contributed by atoms with Gasteiger partial charge in [0.1, 0.15) is 0 Å². The lowest BCUT2D eigenvalue weighted by Gasteiger charge is -1.95. The highest BCUT2D eigenvalue weighted by atomic mass is 32.1. The van der Waals surface area contributed by atoms with Gasteiger partial charge in [-0.15, -0.1) is 11.3 Å². The van der Waals surface area contributed by atoms with Crippen LogP contribution in [0.2, 0.25) is 0 Å². The van der Waals surface area contributed by atoms with Crippen LogP contribution in [0.1, 0.15) is 13.3 Å². The van der Waals surface area contributed by atoms with E-state index in [9.17, 15) is 0 Å². The van der Waals surface area contributed by atoms with E-state index in [0.717, 1.165) is 28.8 Å². The largest absolute Gasteiger partial charge is 0.360 e. The van der Waals surface area contributed by atoms with Gasteiger partial charge in [0.15, 0.2) is 5.82 Å². The van der Waals surface area contributed by atoms with Crippen molar-refractivity contribution in [3.8, 4) is 10.7 Å². The first-order valence-corrected chi connectivity index (χ1v) is 6.02. The molecule has 0 aliphatic heterocycles. The summed E-state index contributed by atoms with van der Waals surface area (Å²) in [5, 5.41) is 4.09. The molecule has 2 aromatic rings. The summed E-state index contributed by atoms with van der Waals surface area (Å²) < 4.78 is 4.25. The van der Waals surface area contributed by atoms with Gasteiger partial charge in [0, 0.05) is 24.3 Å². The fraction of sp³-hybridized carbons (Fsp3) is 0.375. The molecule has 0 unspecified atom stereocenters. The maximum atomic E-state index is 4.36. The summed E-state index contributed by atoms with van der Waals surface area (Å²) >= 11 is 2.95. The summed E-state index contributed by atoms with van der Waals surface area (Å²) in [7, 11) is 0. The normalized spacial score (nSPS) is 10.4. The molecule has 0 saturated carbocycles. The second kappa shape index (κ2) is 4.47. The Bertz CT molecular complexity index is 382. The fourth-order valence-electron chi connectivity index (χ4n) is 0.954. The molecule has 0 fully saturated rings. The maximum Gasteiger partial charge on any atom is 0.202 e. The highest BCUT2D eigenvalue weighted by Crippen LogP contribution is 2.23. The molecule has 0 spiro atoms. The molecule has 2 aromatic heterocycles. The minimum Gasteiger partial charge on any atom is -0.360 e. The molecule has 0 aromatic carbocycles. The lowest BCUT2D eigenvalue weighted by molar-refractivity contribution is 0.976. The monoisotopic (exact) mass is 226 g/mol. The predicted molar refractivity (Wildman–Crippen MR) is 59.8 cm³/mol. The van der Waals surface area contributed by atoms with Crippen molar-refractivity contribution in [2.75, 3.05) is 11.9 Å². The van der Waals surface area contributed by atoms with Crippen molar-refractivity contribution in [1.29, 1.82) is 0 Å². The number of rotatable bonds is 4. The smallest absolute Gasteiger partial charge is 0.202 e. The van der Waals surface area contributed by atoms with Gasteiger partial charge in [-0.05, 0) is 6.42 Å². The average Bonchev–Trinajstić information content (AvgIpc) is 2.85. The lowest BCUT2D eigenvalue weighted by Crippen LogP contribution is -1.98. The molecule has 74 valence electrons. The van der Waals surface area contributed by atoms with E-state index in [1.54, 1.807) is 23.0 Å². The van der Waals surface area contributed by atoms with Crippen LogP contribution in [-0.4, -0.2) is 20.9 Å². The first-order chi connectivity index (χ1) is 6.90. The Morgan fingerprint density at radius 1 is 1.50 bits per heavy atom. The van der Waals surface area contributed by atoms with Crippen molar-refractivity contribution in [2.24, 2.45) is 0 Å². The molecular weight excluding hydrogens is 216 g/mol. The van der Waals surface area contributed by atoms with Crippen LogP contribution in [0.5, 0.6) is 0 Å². The molecule has 1 N–H and O–H groups in total. The topological polar surface area (TPSA) is 50.7 Å². The third-order valence-electron chi connectivity index (χ3n) is 1.60. The Hall–Kier alpha value is -1.01. The molecule has 4 nitrogen and oxygen atoms in total. The molecule has 0 atom stereocenters. The van der Waals surface area contributed by atoms with Crippen molar-refractivity contribution in [3.63, 3.8) is 0 Å². The molecule has 0 bridgehead atoms. The van der Waals surface area contributed by atoms with Crippen LogP contribution in [0.4, 0.5) is 5.13 Å². The molecule has 2 heterocycles. The summed E-state index contributed by atoms with van der Waals surface area (Å²) in [6.07, 6.45) is 2.88. The Morgan fingerprint density at radius 3 is 3.14 bits per heavy atom. The number of thiazole rings is 1. The predicted octanol–water partition coefficient (Wildman–Crippen LogP) is 2.48. The van der Waals surface area contributed by atoms with Gasteiger partial charge < -0.3 is 5.32 Å². The van der Waals surface area contributed by atoms with Gasteiger partial charge in [-0.3, -0.25) is 4.98 Å². The summed E-state index contributed by atoms with van der Waals surface area (Å²) in [5.41, 5.74) is 1.79. The Balaban J connectivity index is 2.10. The van der Waals surface area contributed by atoms with E-state index in [4.69, 9.17) is 0 Å². The third kappa shape index (κ3) is 2.08. The van der Waals surface area contributed by atoms with Gasteiger partial charge in [0.05, 0.1) is 10.4 Å². The van der Waals surface area contributed by atoms with Crippen LogP contribution in [0.25, 0.3) is 10.7 Å². The first kappa shape index (κ1) is 9.54. The van der Waals surface area contributed by atoms with E-state index in [1.165, 1.54) is 11.5 Å². The van der Waals surface area contributed by atoms with Crippen LogP contribution in [0.3, 0.4) is 0 Å². The molecule has 0 saturated heterocycles. The van der Waals surface area contributed by atoms with E-state index in [1.807, 2.05) is 0 Å². The van der Waals surface area contributed by atoms with Crippen LogP contribution >= 0.6 is 22.9 Å². The molecule has 0 aliphatic carbocycles. The zero-order valence-electron chi connectivity index (χ0n) is 7.73. The molecule has 0 amide bonds. The van der Waals surface area contributed by atoms with Gasteiger partial charge in [0.2, 0.25) is 5.13 Å². The Labute approximate surface area is 90.2 Å². The van der Waals surface area contributed by atoms with E-state index in [2.05, 4.69) is 26.6 Å². The summed E-state index contributed by atoms with van der Waals surface area (Å²) in [5.74, 6) is 0.774. The van der Waals surface area contributed by atoms with Crippen molar-refractivity contribution >= 4 is 28.0 Å². The molecule has 6 heteroatoms. The standard InChI is InChI=1S/C8H10N4S2/c1-2-3-10-8-11-7(12-14-8)6-4-9-5-13-6/h4-5H,2-3H2,1H3,(H,10,11,12). The van der Waals surface area contributed by atoms with Crippen molar-refractivity contribution in [1.82, 2.24) is 14.3 Å². The van der Waals surface area contributed by atoms with Crippen LogP contribution < -0.4 is 5.32 Å². The zero-order chi connectivity index (χ0) is 9.80. The quantitative estimate of drug-likeness (QED) is 0.870. The first-order valence-electron chi connectivity index (χ1n) is 4.36. The van der Waals surface area contributed by atoms with Crippen LogP contribution in [0.15, 0.2) is 11.7 Å². The third-order valence-corrected chi connectivity index (χ3v) is 3.05. The van der Waals surface area contributed by atoms with Gasteiger partial charge >= 0.3 is 0 Å². The highest BCUT2D eigenvalue weighted by Gasteiger charge is 2.06. The zero-order valence-corrected chi connectivity index (χ0v) is 9.36. The number of aromatic nitrogens is 3. The van der Waals surface area contributed by atoms with Gasteiger partial charge in [-0.25, -0.2) is 0 Å². The lowest BCUT2D eigenvalue weighted by atomic mass is 10.5. The summed E-state index contributed by atoms with van der Waals surface area (Å²) in [6.45, 7) is 3.06. The van der Waals surface area contributed by atoms with Crippen molar-refractivity contribution in [2.45, 2.75) is 13.3 Å². The highest BCUT2D eigenvalue weighted by molar-refractivity contribution is 7.13. The summed E-state index contributed by atoms with van der Waals surface area (Å²) in [4.78, 5) is 9.37.